The second-order valence-corrected chi connectivity index (χ2v) is 5.06. The number of β-amino-alcohol motifs (C(OH)–C–C–N with tert-alkyl or cyclic N) is 1. The first-order valence-electron chi connectivity index (χ1n) is 6.51. The number of amides is 1. The number of hydrogen-bond donors (Lipinski definition) is 3. The fraction of sp³-hybridized carbons (Fsp3) is 0.500. The molecule has 104 valence electrons. The molecule has 1 aliphatic heterocycles. The summed E-state index contributed by atoms with van der Waals surface area (Å²) in [6.45, 7) is 2.29. The van der Waals surface area contributed by atoms with Crippen LogP contribution in [-0.4, -0.2) is 35.7 Å². The van der Waals surface area contributed by atoms with Crippen molar-refractivity contribution < 1.29 is 14.3 Å². The van der Waals surface area contributed by atoms with Crippen LogP contribution in [0, 0.1) is 5.82 Å². The summed E-state index contributed by atoms with van der Waals surface area (Å²) in [5.41, 5.74) is 0.592. The quantitative estimate of drug-likeness (QED) is 0.748. The molecule has 0 bridgehead atoms. The topological polar surface area (TPSA) is 61.4 Å². The minimum atomic E-state index is -0.461. The van der Waals surface area contributed by atoms with Gasteiger partial charge in [-0.2, -0.15) is 0 Å². The van der Waals surface area contributed by atoms with E-state index in [9.17, 15) is 14.3 Å². The lowest BCUT2D eigenvalue weighted by atomic mass is 10.1. The van der Waals surface area contributed by atoms with Gasteiger partial charge in [0.05, 0.1) is 12.1 Å². The summed E-state index contributed by atoms with van der Waals surface area (Å²) in [6, 6.07) is 6.06. The minimum absolute atomic E-state index is 0.139. The number of carbonyl (C=O) groups is 1. The van der Waals surface area contributed by atoms with Gasteiger partial charge in [-0.25, -0.2) is 4.39 Å². The lowest BCUT2D eigenvalue weighted by Crippen LogP contribution is -2.44. The highest BCUT2D eigenvalue weighted by molar-refractivity contribution is 5.82. The smallest absolute Gasteiger partial charge is 0.237 e. The van der Waals surface area contributed by atoms with E-state index in [0.29, 0.717) is 24.9 Å². The van der Waals surface area contributed by atoms with E-state index in [1.54, 1.807) is 18.2 Å². The van der Waals surface area contributed by atoms with Gasteiger partial charge in [0.2, 0.25) is 5.91 Å². The zero-order chi connectivity index (χ0) is 13.8. The van der Waals surface area contributed by atoms with Gasteiger partial charge in [-0.05, 0) is 31.4 Å². The van der Waals surface area contributed by atoms with E-state index in [2.05, 4.69) is 10.6 Å². The molecule has 5 heteroatoms. The number of aliphatic hydroxyl groups is 1. The van der Waals surface area contributed by atoms with E-state index < -0.39 is 6.10 Å². The van der Waals surface area contributed by atoms with E-state index >= 15 is 0 Å². The van der Waals surface area contributed by atoms with E-state index in [1.807, 2.05) is 6.92 Å². The zero-order valence-corrected chi connectivity index (χ0v) is 10.9. The first-order chi connectivity index (χ1) is 9.06. The molecule has 1 saturated heterocycles. The Kier molecular flexibility index (Phi) is 4.50. The number of benzene rings is 1. The van der Waals surface area contributed by atoms with Gasteiger partial charge < -0.3 is 15.7 Å². The molecule has 3 atom stereocenters. The Morgan fingerprint density at radius 1 is 1.58 bits per heavy atom. The Labute approximate surface area is 112 Å². The van der Waals surface area contributed by atoms with E-state index in [-0.39, 0.29) is 23.8 Å². The molecule has 0 spiro atoms. The summed E-state index contributed by atoms with van der Waals surface area (Å²) in [7, 11) is 0. The monoisotopic (exact) mass is 266 g/mol. The van der Waals surface area contributed by atoms with Crippen molar-refractivity contribution >= 4 is 5.91 Å². The van der Waals surface area contributed by atoms with E-state index in [4.69, 9.17) is 0 Å². The molecule has 19 heavy (non-hydrogen) atoms. The lowest BCUT2D eigenvalue weighted by Gasteiger charge is -2.17. The van der Waals surface area contributed by atoms with Crippen molar-refractivity contribution in [2.24, 2.45) is 0 Å². The van der Waals surface area contributed by atoms with E-state index in [0.717, 1.165) is 0 Å². The average Bonchev–Trinajstić information content (AvgIpc) is 2.79. The number of carbonyl (C=O) groups excluding carboxylic acids is 1. The predicted molar refractivity (Wildman–Crippen MR) is 70.1 cm³/mol. The van der Waals surface area contributed by atoms with Crippen molar-refractivity contribution in [3.63, 3.8) is 0 Å². The minimum Gasteiger partial charge on any atom is -0.392 e. The van der Waals surface area contributed by atoms with Crippen molar-refractivity contribution in [1.82, 2.24) is 10.6 Å². The Hall–Kier alpha value is -1.46. The van der Waals surface area contributed by atoms with Gasteiger partial charge >= 0.3 is 0 Å². The Bertz CT molecular complexity index is 453. The second-order valence-electron chi connectivity index (χ2n) is 5.06. The number of hydrogen-bond acceptors (Lipinski definition) is 3. The van der Waals surface area contributed by atoms with Crippen LogP contribution in [0.5, 0.6) is 0 Å². The van der Waals surface area contributed by atoms with Crippen LogP contribution in [0.2, 0.25) is 0 Å². The van der Waals surface area contributed by atoms with Crippen molar-refractivity contribution in [2.45, 2.75) is 38.0 Å². The van der Waals surface area contributed by atoms with Gasteiger partial charge in [0.15, 0.2) is 0 Å². The van der Waals surface area contributed by atoms with Crippen molar-refractivity contribution in [3.05, 3.63) is 35.6 Å². The molecular formula is C14H19FN2O2. The van der Waals surface area contributed by atoms with Crippen molar-refractivity contribution in [3.8, 4) is 0 Å². The lowest BCUT2D eigenvalue weighted by molar-refractivity contribution is -0.123. The fourth-order valence-electron chi connectivity index (χ4n) is 2.31. The third kappa shape index (κ3) is 3.75. The molecule has 1 fully saturated rings. The largest absolute Gasteiger partial charge is 0.392 e. The maximum Gasteiger partial charge on any atom is 0.237 e. The summed E-state index contributed by atoms with van der Waals surface area (Å²) in [6.07, 6.45) is 0.420. The SMILES string of the molecule is CC(Cc1ccccc1F)NC(=O)C1CC(O)CN1. The molecule has 0 saturated carbocycles. The predicted octanol–water partition coefficient (Wildman–Crippen LogP) is 0.596. The highest BCUT2D eigenvalue weighted by Crippen LogP contribution is 2.10. The molecule has 3 N–H and O–H groups in total. The Morgan fingerprint density at radius 2 is 2.32 bits per heavy atom. The molecule has 0 radical (unpaired) electrons. The number of rotatable bonds is 4. The summed E-state index contributed by atoms with van der Waals surface area (Å²) >= 11 is 0. The van der Waals surface area contributed by atoms with Crippen molar-refractivity contribution in [2.75, 3.05) is 6.54 Å². The third-order valence-corrected chi connectivity index (χ3v) is 3.30. The second kappa shape index (κ2) is 6.12. The van der Waals surface area contributed by atoms with Gasteiger partial charge in [0.1, 0.15) is 5.82 Å². The molecule has 0 aliphatic carbocycles. The number of halogens is 1. The molecular weight excluding hydrogens is 247 g/mol. The summed E-state index contributed by atoms with van der Waals surface area (Å²) in [4.78, 5) is 11.9. The van der Waals surface area contributed by atoms with Gasteiger partial charge in [-0.1, -0.05) is 18.2 Å². The van der Waals surface area contributed by atoms with Crippen LogP contribution in [-0.2, 0) is 11.2 Å². The van der Waals surface area contributed by atoms with Crippen LogP contribution >= 0.6 is 0 Å². The van der Waals surface area contributed by atoms with Gasteiger partial charge in [0, 0.05) is 12.6 Å². The summed E-state index contributed by atoms with van der Waals surface area (Å²) in [5, 5.41) is 15.2. The molecule has 1 aliphatic rings. The Balaban J connectivity index is 1.86. The van der Waals surface area contributed by atoms with Crippen LogP contribution in [0.25, 0.3) is 0 Å². The molecule has 4 nitrogen and oxygen atoms in total. The van der Waals surface area contributed by atoms with Crippen LogP contribution in [0.3, 0.4) is 0 Å². The summed E-state index contributed by atoms with van der Waals surface area (Å²) < 4.78 is 13.5. The van der Waals surface area contributed by atoms with Crippen LogP contribution in [0.1, 0.15) is 18.9 Å². The van der Waals surface area contributed by atoms with Gasteiger partial charge in [-0.15, -0.1) is 0 Å². The molecule has 2 rings (SSSR count). The van der Waals surface area contributed by atoms with Gasteiger partial charge in [-0.3, -0.25) is 4.79 Å². The standard InChI is InChI=1S/C14H19FN2O2/c1-9(6-10-4-2-3-5-12(10)15)17-14(19)13-7-11(18)8-16-13/h2-5,9,11,13,16,18H,6-8H2,1H3,(H,17,19). The summed E-state index contributed by atoms with van der Waals surface area (Å²) in [5.74, 6) is -0.390. The highest BCUT2D eigenvalue weighted by atomic mass is 19.1. The van der Waals surface area contributed by atoms with Crippen LogP contribution in [0.15, 0.2) is 24.3 Å². The maximum absolute atomic E-state index is 13.5. The zero-order valence-electron chi connectivity index (χ0n) is 10.9. The number of nitrogens with one attached hydrogen (secondary N) is 2. The third-order valence-electron chi connectivity index (χ3n) is 3.30. The fourth-order valence-corrected chi connectivity index (χ4v) is 2.31. The normalized spacial score (nSPS) is 24.2. The first kappa shape index (κ1) is 14.0. The van der Waals surface area contributed by atoms with E-state index in [1.165, 1.54) is 6.07 Å². The molecule has 3 unspecified atom stereocenters. The number of aliphatic hydroxyl groups excluding tert-OH is 1. The first-order valence-corrected chi connectivity index (χ1v) is 6.51. The van der Waals surface area contributed by atoms with Crippen LogP contribution in [0.4, 0.5) is 4.39 Å². The average molecular weight is 266 g/mol. The maximum atomic E-state index is 13.5. The molecule has 1 amide bonds. The highest BCUT2D eigenvalue weighted by Gasteiger charge is 2.28. The van der Waals surface area contributed by atoms with Crippen LogP contribution < -0.4 is 10.6 Å². The molecule has 0 aromatic heterocycles. The molecule has 1 aromatic carbocycles. The molecule has 1 heterocycles. The Morgan fingerprint density at radius 3 is 2.95 bits per heavy atom. The van der Waals surface area contributed by atoms with Crippen molar-refractivity contribution in [1.29, 1.82) is 0 Å². The molecule has 1 aromatic rings. The van der Waals surface area contributed by atoms with Gasteiger partial charge in [0.25, 0.3) is 0 Å².